The Balaban J connectivity index is 0.000000156. The zero-order chi connectivity index (χ0) is 58.0. The van der Waals surface area contributed by atoms with Crippen LogP contribution in [0, 0.1) is 38.2 Å². The number of amides is 3. The van der Waals surface area contributed by atoms with Crippen LogP contribution < -0.4 is 17.2 Å². The second-order valence-electron chi connectivity index (χ2n) is 19.0. The topological polar surface area (TPSA) is 232 Å². The van der Waals surface area contributed by atoms with Gasteiger partial charge in [0, 0.05) is 74.3 Å². The maximum Gasteiger partial charge on any atom is 0.239 e. The molecule has 3 amide bonds. The van der Waals surface area contributed by atoms with Gasteiger partial charge in [-0.2, -0.15) is 15.3 Å². The monoisotopic (exact) mass is 1180 g/mol. The van der Waals surface area contributed by atoms with E-state index in [2.05, 4.69) is 63.1 Å². The number of carbonyl (C=O) groups excluding carboxylic acids is 3. The second kappa shape index (κ2) is 26.4. The number of H-pyrrole nitrogens is 1. The van der Waals surface area contributed by atoms with Crippen LogP contribution >= 0.6 is 15.9 Å². The number of hydrogen-bond donors (Lipinski definition) is 4. The van der Waals surface area contributed by atoms with E-state index in [1.165, 1.54) is 22.9 Å². The highest BCUT2D eigenvalue weighted by molar-refractivity contribution is 9.09. The van der Waals surface area contributed by atoms with Gasteiger partial charge in [-0.05, 0) is 163 Å². The van der Waals surface area contributed by atoms with E-state index in [-0.39, 0.29) is 49.2 Å². The first-order chi connectivity index (χ1) is 39.5. The van der Waals surface area contributed by atoms with Crippen molar-refractivity contribution >= 4 is 66.4 Å². The van der Waals surface area contributed by atoms with E-state index in [0.717, 1.165) is 99.9 Å². The van der Waals surface area contributed by atoms with E-state index in [1.54, 1.807) is 93.0 Å². The van der Waals surface area contributed by atoms with Crippen LogP contribution in [0.3, 0.4) is 0 Å². The summed E-state index contributed by atoms with van der Waals surface area (Å²) in [6.07, 6.45) is 10.5. The minimum atomic E-state index is -0.441. The van der Waals surface area contributed by atoms with Crippen LogP contribution in [0.25, 0.3) is 99.9 Å². The summed E-state index contributed by atoms with van der Waals surface area (Å²) in [5.41, 5.74) is 30.4. The van der Waals surface area contributed by atoms with Gasteiger partial charge in [0.2, 0.25) is 17.7 Å². The Hall–Kier alpha value is -10.1. The molecular formula is C64H56BrF3N12O3. The lowest BCUT2D eigenvalue weighted by Crippen LogP contribution is -2.19. The van der Waals surface area contributed by atoms with Gasteiger partial charge in [-0.15, -0.1) is 0 Å². The number of hydrogen-bond acceptors (Lipinski definition) is 9. The first-order valence-corrected chi connectivity index (χ1v) is 26.6. The smallest absolute Gasteiger partial charge is 0.239 e. The van der Waals surface area contributed by atoms with Gasteiger partial charge in [0.15, 0.2) is 0 Å². The molecule has 0 unspecified atom stereocenters. The molecule has 0 saturated heterocycles. The number of rotatable bonds is 11. The molecule has 12 rings (SSSR count). The van der Waals surface area contributed by atoms with Crippen LogP contribution in [-0.4, -0.2) is 67.8 Å². The van der Waals surface area contributed by atoms with Crippen LogP contribution in [0.5, 0.6) is 0 Å². The summed E-state index contributed by atoms with van der Waals surface area (Å²) in [6.45, 7) is 5.31. The Kier molecular flexibility index (Phi) is 18.8. The lowest BCUT2D eigenvalue weighted by Gasteiger charge is -2.10. The summed E-state index contributed by atoms with van der Waals surface area (Å²) < 4.78 is 43.9. The molecule has 7 N–H and O–H groups in total. The fourth-order valence-electron chi connectivity index (χ4n) is 9.10. The van der Waals surface area contributed by atoms with Gasteiger partial charge in [0.1, 0.15) is 30.5 Å². The van der Waals surface area contributed by atoms with Crippen molar-refractivity contribution in [1.29, 1.82) is 0 Å². The second-order valence-corrected chi connectivity index (χ2v) is 19.5. The molecule has 418 valence electrons. The molecule has 6 aromatic heterocycles. The number of benzene rings is 6. The summed E-state index contributed by atoms with van der Waals surface area (Å²) in [6, 6.07) is 44.6. The van der Waals surface area contributed by atoms with E-state index in [4.69, 9.17) is 11.5 Å². The van der Waals surface area contributed by atoms with Gasteiger partial charge in [-0.3, -0.25) is 43.8 Å². The molecule has 0 fully saturated rings. The molecule has 83 heavy (non-hydrogen) atoms. The zero-order valence-electron chi connectivity index (χ0n) is 44.5. The molecular weight excluding hydrogens is 1120 g/mol. The van der Waals surface area contributed by atoms with Gasteiger partial charge in [0.05, 0.1) is 51.4 Å². The average molecular weight is 1180 g/mol. The molecule has 6 heterocycles. The van der Waals surface area contributed by atoms with Crippen molar-refractivity contribution in [3.05, 3.63) is 217 Å². The number of alkyl halides is 1. The molecule has 0 aliphatic heterocycles. The maximum atomic E-state index is 13.6. The predicted octanol–water partition coefficient (Wildman–Crippen LogP) is 12.6. The number of fused-ring (bicyclic) bond motifs is 3. The van der Waals surface area contributed by atoms with Crippen molar-refractivity contribution in [3.63, 3.8) is 0 Å². The van der Waals surface area contributed by atoms with Crippen molar-refractivity contribution in [2.45, 2.75) is 41.3 Å². The number of nitrogens with zero attached hydrogens (tertiary/aromatic N) is 8. The molecule has 6 aromatic carbocycles. The Labute approximate surface area is 484 Å². The number of pyridine rings is 3. The normalized spacial score (nSPS) is 10.7. The van der Waals surface area contributed by atoms with Crippen molar-refractivity contribution in [2.75, 3.05) is 5.33 Å². The van der Waals surface area contributed by atoms with E-state index >= 15 is 0 Å². The number of nitrogens with one attached hydrogen (secondary N) is 1. The first kappa shape index (κ1) is 59.0. The highest BCUT2D eigenvalue weighted by Crippen LogP contribution is 2.36. The van der Waals surface area contributed by atoms with Gasteiger partial charge in [-0.1, -0.05) is 59.8 Å². The third kappa shape index (κ3) is 14.1. The zero-order valence-corrected chi connectivity index (χ0v) is 46.1. The third-order valence-corrected chi connectivity index (χ3v) is 13.6. The number of primary amides is 3. The van der Waals surface area contributed by atoms with Gasteiger partial charge in [0.25, 0.3) is 0 Å². The van der Waals surface area contributed by atoms with E-state index in [9.17, 15) is 27.6 Å². The molecule has 15 nitrogen and oxygen atoms in total. The van der Waals surface area contributed by atoms with Gasteiger partial charge < -0.3 is 17.2 Å². The van der Waals surface area contributed by atoms with E-state index in [0.29, 0.717) is 16.7 Å². The summed E-state index contributed by atoms with van der Waals surface area (Å²) in [5.74, 6) is -1.88. The summed E-state index contributed by atoms with van der Waals surface area (Å²) in [4.78, 5) is 45.4. The number of aromatic amines is 1. The van der Waals surface area contributed by atoms with Crippen LogP contribution in [0.4, 0.5) is 13.2 Å². The highest BCUT2D eigenvalue weighted by atomic mass is 79.9. The molecule has 0 saturated carbocycles. The number of nitrogens with two attached hydrogens (primary N) is 3. The van der Waals surface area contributed by atoms with E-state index < -0.39 is 11.8 Å². The van der Waals surface area contributed by atoms with Crippen LogP contribution in [-0.2, 0) is 27.5 Å². The van der Waals surface area contributed by atoms with Crippen molar-refractivity contribution < 1.29 is 27.6 Å². The molecule has 0 bridgehead atoms. The SMILES string of the molecule is C.Cc1cc(-c2ncccc2-c2ccc3[nH]ncc3c2)ccc1F.Cc1cc(-c2ncccc2-c2ccc3c(cnn3CC(N)=O)c2)ccc1F.Cc1cc(-c2ncccc2-c2ccc3nn(CC(N)=O)cc3c2)ccc1F.NC(=O)CBr. The molecule has 0 atom stereocenters. The van der Waals surface area contributed by atoms with Crippen molar-refractivity contribution in [2.24, 2.45) is 17.2 Å². The summed E-state index contributed by atoms with van der Waals surface area (Å²) >= 11 is 2.84. The molecule has 0 radical (unpaired) electrons. The highest BCUT2D eigenvalue weighted by Gasteiger charge is 2.16. The minimum Gasteiger partial charge on any atom is -0.369 e. The summed E-state index contributed by atoms with van der Waals surface area (Å²) in [5, 5.41) is 18.7. The third-order valence-electron chi connectivity index (χ3n) is 13.0. The Morgan fingerprint density at radius 1 is 0.518 bits per heavy atom. The number of aryl methyl sites for hydroxylation is 3. The average Bonchev–Trinajstić information content (AvgIpc) is 4.16. The Morgan fingerprint density at radius 2 is 0.952 bits per heavy atom. The fourth-order valence-corrected chi connectivity index (χ4v) is 9.10. The molecule has 0 aliphatic carbocycles. The summed E-state index contributed by atoms with van der Waals surface area (Å²) in [7, 11) is 0. The molecule has 12 aromatic rings. The fraction of sp³-hybridized carbons (Fsp3) is 0.109. The standard InChI is InChI=1S/2C21H17FN4O.C19H14FN3.C2H4BrNO.CH4/c1-13-9-15(4-6-18(13)22)21-17(3-2-8-24-21)14-5-7-19-16(10-14)11-26(25-19)12-20(23)27;1-13-9-15(4-6-18(13)22)21-17(3-2-8-24-21)14-5-7-19-16(10-14)11-25-26(19)12-20(23)27;1-12-9-14(4-6-17(12)20)19-16(3-2-8-21-19)13-5-7-18-15(10-13)11-22-23-18;3-1-2(4)5;/h2*2-11H,12H2,1H3,(H2,23,27);2-11H,1H3,(H,22,23);1H2,(H2,4,5);1H4. The van der Waals surface area contributed by atoms with Crippen molar-refractivity contribution in [1.82, 2.24) is 44.7 Å². The number of halogens is 4. The molecule has 0 spiro atoms. The van der Waals surface area contributed by atoms with Gasteiger partial charge >= 0.3 is 0 Å². The van der Waals surface area contributed by atoms with Crippen LogP contribution in [0.2, 0.25) is 0 Å². The quantitative estimate of drug-likeness (QED) is 0.0901. The number of aromatic nitrogens is 9. The van der Waals surface area contributed by atoms with Gasteiger partial charge in [-0.25, -0.2) is 13.2 Å². The Morgan fingerprint density at radius 3 is 1.41 bits per heavy atom. The molecule has 19 heteroatoms. The lowest BCUT2D eigenvalue weighted by molar-refractivity contribution is -0.119. The first-order valence-electron chi connectivity index (χ1n) is 25.5. The van der Waals surface area contributed by atoms with E-state index in [1.807, 2.05) is 91.0 Å². The molecule has 0 aliphatic rings. The Bertz CT molecular complexity index is 4230. The lowest BCUT2D eigenvalue weighted by atomic mass is 9.97. The largest absolute Gasteiger partial charge is 0.369 e. The predicted molar refractivity (Wildman–Crippen MR) is 324 cm³/mol. The minimum absolute atomic E-state index is 0. The van der Waals surface area contributed by atoms with Crippen molar-refractivity contribution in [3.8, 4) is 67.2 Å². The maximum absolute atomic E-state index is 13.6. The van der Waals surface area contributed by atoms with Crippen LogP contribution in [0.1, 0.15) is 24.1 Å². The van der Waals surface area contributed by atoms with Crippen LogP contribution in [0.15, 0.2) is 183 Å². The number of carbonyl (C=O) groups is 3.